The van der Waals surface area contributed by atoms with Gasteiger partial charge in [0.15, 0.2) is 5.69 Å². The number of anilines is 1. The Kier molecular flexibility index (Phi) is 4.33. The van der Waals surface area contributed by atoms with Gasteiger partial charge < -0.3 is 10.4 Å². The van der Waals surface area contributed by atoms with E-state index in [2.05, 4.69) is 15.7 Å². The Morgan fingerprint density at radius 2 is 2.15 bits per heavy atom. The molecule has 0 saturated carbocycles. The molecule has 2 heterocycles. The van der Waals surface area contributed by atoms with E-state index in [1.165, 1.54) is 19.2 Å². The molecule has 0 atom stereocenters. The van der Waals surface area contributed by atoms with Crippen LogP contribution in [0.4, 0.5) is 10.3 Å². The van der Waals surface area contributed by atoms with Gasteiger partial charge in [-0.1, -0.05) is 12.1 Å². The first-order valence-electron chi connectivity index (χ1n) is 7.68. The lowest BCUT2D eigenvalue weighted by atomic mass is 10.1. The fraction of sp³-hybridized carbons (Fsp3) is 0.250. The van der Waals surface area contributed by atoms with E-state index in [-0.39, 0.29) is 24.9 Å². The molecule has 10 heteroatoms. The number of aryl methyl sites for hydroxylation is 1. The van der Waals surface area contributed by atoms with Crippen LogP contribution < -0.4 is 16.3 Å². The van der Waals surface area contributed by atoms with Crippen LogP contribution in [0.15, 0.2) is 23.0 Å². The molecule has 0 fully saturated rings. The highest BCUT2D eigenvalue weighted by Gasteiger charge is 2.27. The molecule has 3 rings (SSSR count). The maximum absolute atomic E-state index is 13.3. The van der Waals surface area contributed by atoms with Gasteiger partial charge in [-0.3, -0.25) is 29.4 Å². The summed E-state index contributed by atoms with van der Waals surface area (Å²) in [6.07, 6.45) is 0. The van der Waals surface area contributed by atoms with Gasteiger partial charge in [-0.2, -0.15) is 0 Å². The second-order valence-corrected chi connectivity index (χ2v) is 5.85. The number of fused-ring (bicyclic) bond motifs is 1. The summed E-state index contributed by atoms with van der Waals surface area (Å²) in [5.41, 5.74) is 2.28. The Hall–Kier alpha value is -3.43. The second-order valence-electron chi connectivity index (χ2n) is 5.85. The van der Waals surface area contributed by atoms with Crippen molar-refractivity contribution in [2.24, 2.45) is 0 Å². The van der Waals surface area contributed by atoms with Crippen LogP contribution in [0.25, 0.3) is 0 Å². The highest BCUT2D eigenvalue weighted by Crippen LogP contribution is 2.16. The van der Waals surface area contributed by atoms with E-state index >= 15 is 0 Å². The van der Waals surface area contributed by atoms with Crippen LogP contribution in [0.2, 0.25) is 0 Å². The van der Waals surface area contributed by atoms with Crippen molar-refractivity contribution in [3.05, 3.63) is 51.2 Å². The Balaban J connectivity index is 1.84. The zero-order valence-corrected chi connectivity index (χ0v) is 14.0. The minimum Gasteiger partial charge on any atom is -0.501 e. The number of carbonyl (C=O) groups excluding carboxylic acids is 2. The lowest BCUT2D eigenvalue weighted by molar-refractivity contribution is -0.130. The molecule has 0 spiro atoms. The number of hydrogen-bond acceptors (Lipinski definition) is 6. The quantitative estimate of drug-likeness (QED) is 0.715. The Morgan fingerprint density at radius 1 is 1.42 bits per heavy atom. The lowest BCUT2D eigenvalue weighted by Gasteiger charge is -2.27. The number of nitrogens with one attached hydrogen (secondary N) is 2. The molecule has 0 aliphatic carbocycles. The molecule has 1 aromatic carbocycles. The third-order valence-corrected chi connectivity index (χ3v) is 3.97. The van der Waals surface area contributed by atoms with Crippen LogP contribution in [-0.4, -0.2) is 38.5 Å². The summed E-state index contributed by atoms with van der Waals surface area (Å²) in [6, 6.07) is 4.38. The van der Waals surface area contributed by atoms with Gasteiger partial charge in [-0.15, -0.1) is 0 Å². The van der Waals surface area contributed by atoms with E-state index in [1.54, 1.807) is 13.0 Å². The van der Waals surface area contributed by atoms with Crippen molar-refractivity contribution in [1.82, 2.24) is 19.9 Å². The van der Waals surface area contributed by atoms with Crippen LogP contribution in [-0.2, 0) is 17.9 Å². The van der Waals surface area contributed by atoms with E-state index in [9.17, 15) is 23.9 Å². The third-order valence-electron chi connectivity index (χ3n) is 3.97. The van der Waals surface area contributed by atoms with E-state index < -0.39 is 28.8 Å². The van der Waals surface area contributed by atoms with Gasteiger partial charge in [0.2, 0.25) is 11.7 Å². The van der Waals surface area contributed by atoms with E-state index in [4.69, 9.17) is 0 Å². The number of benzene rings is 1. The van der Waals surface area contributed by atoms with Crippen molar-refractivity contribution in [3.8, 4) is 5.75 Å². The Morgan fingerprint density at radius 3 is 2.85 bits per heavy atom. The summed E-state index contributed by atoms with van der Waals surface area (Å²) < 4.78 is 14.2. The average molecular weight is 361 g/mol. The fourth-order valence-electron chi connectivity index (χ4n) is 2.47. The summed E-state index contributed by atoms with van der Waals surface area (Å²) in [7, 11) is 1.45. The molecule has 0 radical (unpaired) electrons. The zero-order chi connectivity index (χ0) is 19.0. The minimum atomic E-state index is -0.897. The topological polar surface area (TPSA) is 117 Å². The molecule has 0 bridgehead atoms. The van der Waals surface area contributed by atoms with E-state index in [0.29, 0.717) is 11.1 Å². The SMILES string of the molecule is Cc1cc(CNC(=O)c2nc3n(c(=O)c2O)CC(=O)N(C)N3)ccc1F. The van der Waals surface area contributed by atoms with Crippen molar-refractivity contribution in [3.63, 3.8) is 0 Å². The van der Waals surface area contributed by atoms with Gasteiger partial charge in [-0.25, -0.2) is 9.37 Å². The smallest absolute Gasteiger partial charge is 0.298 e. The first kappa shape index (κ1) is 17.4. The average Bonchev–Trinajstić information content (AvgIpc) is 2.60. The summed E-state index contributed by atoms with van der Waals surface area (Å²) in [5.74, 6) is -2.40. The number of hydrogen-bond donors (Lipinski definition) is 3. The fourth-order valence-corrected chi connectivity index (χ4v) is 2.47. The number of hydrazine groups is 1. The number of nitrogens with zero attached hydrogens (tertiary/aromatic N) is 3. The lowest BCUT2D eigenvalue weighted by Crippen LogP contribution is -2.45. The monoisotopic (exact) mass is 361 g/mol. The van der Waals surface area contributed by atoms with E-state index in [0.717, 1.165) is 9.58 Å². The molecule has 1 aliphatic rings. The molecule has 136 valence electrons. The molecule has 3 N–H and O–H groups in total. The largest absolute Gasteiger partial charge is 0.501 e. The van der Waals surface area contributed by atoms with Gasteiger partial charge in [0, 0.05) is 13.6 Å². The number of aromatic hydroxyl groups is 1. The molecule has 2 aromatic rings. The number of aromatic nitrogens is 2. The van der Waals surface area contributed by atoms with Crippen LogP contribution in [0.5, 0.6) is 5.75 Å². The number of likely N-dealkylation sites (N-methyl/N-ethyl adjacent to an activating group) is 1. The van der Waals surface area contributed by atoms with Gasteiger partial charge in [0.05, 0.1) is 0 Å². The summed E-state index contributed by atoms with van der Waals surface area (Å²) in [6.45, 7) is 1.36. The first-order valence-corrected chi connectivity index (χ1v) is 7.68. The number of amides is 2. The predicted octanol–water partition coefficient (Wildman–Crippen LogP) is 0.125. The molecule has 9 nitrogen and oxygen atoms in total. The van der Waals surface area contributed by atoms with Crippen LogP contribution in [0, 0.1) is 12.7 Å². The summed E-state index contributed by atoms with van der Waals surface area (Å²) >= 11 is 0. The molecule has 0 unspecified atom stereocenters. The molecule has 1 aromatic heterocycles. The van der Waals surface area contributed by atoms with Crippen LogP contribution >= 0.6 is 0 Å². The number of halogens is 1. The predicted molar refractivity (Wildman–Crippen MR) is 88.9 cm³/mol. The van der Waals surface area contributed by atoms with E-state index in [1.807, 2.05) is 0 Å². The van der Waals surface area contributed by atoms with Gasteiger partial charge in [0.25, 0.3) is 17.4 Å². The van der Waals surface area contributed by atoms with Gasteiger partial charge in [0.1, 0.15) is 12.4 Å². The Bertz CT molecular complexity index is 972. The highest BCUT2D eigenvalue weighted by molar-refractivity contribution is 5.95. The molecule has 26 heavy (non-hydrogen) atoms. The summed E-state index contributed by atoms with van der Waals surface area (Å²) in [4.78, 5) is 40.1. The van der Waals surface area contributed by atoms with Crippen LogP contribution in [0.1, 0.15) is 21.6 Å². The molecular weight excluding hydrogens is 345 g/mol. The number of carbonyl (C=O) groups is 2. The second kappa shape index (κ2) is 6.47. The van der Waals surface area contributed by atoms with Crippen molar-refractivity contribution >= 4 is 17.8 Å². The molecular formula is C16H16FN5O4. The van der Waals surface area contributed by atoms with Gasteiger partial charge >= 0.3 is 0 Å². The molecule has 2 amide bonds. The molecule has 1 aliphatic heterocycles. The van der Waals surface area contributed by atoms with Crippen molar-refractivity contribution < 1.29 is 19.1 Å². The number of rotatable bonds is 3. The highest BCUT2D eigenvalue weighted by atomic mass is 19.1. The first-order chi connectivity index (χ1) is 12.3. The van der Waals surface area contributed by atoms with Crippen molar-refractivity contribution in [2.45, 2.75) is 20.0 Å². The normalized spacial score (nSPS) is 13.2. The zero-order valence-electron chi connectivity index (χ0n) is 14.0. The maximum atomic E-state index is 13.3. The summed E-state index contributed by atoms with van der Waals surface area (Å²) in [5, 5.41) is 13.6. The van der Waals surface area contributed by atoms with Gasteiger partial charge in [-0.05, 0) is 24.1 Å². The maximum Gasteiger partial charge on any atom is 0.298 e. The van der Waals surface area contributed by atoms with Crippen molar-refractivity contribution in [1.29, 1.82) is 0 Å². The van der Waals surface area contributed by atoms with Crippen LogP contribution in [0.3, 0.4) is 0 Å². The standard InChI is InChI=1S/C16H16FN5O4/c1-8-5-9(3-4-10(8)17)6-18-14(25)12-13(24)15(26)22-7-11(23)21(2)20-16(22)19-12/h3-5,24H,6-7H2,1-2H3,(H,18,25)(H,19,20). The van der Waals surface area contributed by atoms with Crippen molar-refractivity contribution in [2.75, 3.05) is 12.5 Å². The minimum absolute atomic E-state index is 0.0299. The Labute approximate surface area is 147 Å². The third kappa shape index (κ3) is 3.08. The molecule has 0 saturated heterocycles.